The maximum atomic E-state index is 12.3. The number of carbonyl (C=O) groups is 2. The predicted molar refractivity (Wildman–Crippen MR) is 124 cm³/mol. The van der Waals surface area contributed by atoms with E-state index in [2.05, 4.69) is 0 Å². The number of fused-ring (bicyclic) bond motifs is 1. The Morgan fingerprint density at radius 3 is 2.42 bits per heavy atom. The number of nitrogens with one attached hydrogen (secondary N) is 1. The van der Waals surface area contributed by atoms with E-state index in [1.54, 1.807) is 31.4 Å². The minimum Gasteiger partial charge on any atom is -0.497 e. The van der Waals surface area contributed by atoms with Gasteiger partial charge in [0, 0.05) is 18.2 Å². The van der Waals surface area contributed by atoms with Gasteiger partial charge in [-0.3, -0.25) is 15.1 Å². The molecule has 1 aliphatic heterocycles. The first-order valence-electron chi connectivity index (χ1n) is 10.1. The van der Waals surface area contributed by atoms with Crippen molar-refractivity contribution in [1.29, 1.82) is 5.41 Å². The zero-order chi connectivity index (χ0) is 24.0. The van der Waals surface area contributed by atoms with Crippen LogP contribution < -0.4 is 20.1 Å². The topological polar surface area (TPSA) is 135 Å². The largest absolute Gasteiger partial charge is 0.497 e. The number of ether oxygens (including phenoxy) is 3. The van der Waals surface area contributed by atoms with E-state index in [1.807, 2.05) is 36.4 Å². The number of hydrogen-bond acceptors (Lipinski definition) is 6. The van der Waals surface area contributed by atoms with Gasteiger partial charge in [0.2, 0.25) is 0 Å². The van der Waals surface area contributed by atoms with E-state index in [0.717, 1.165) is 23.4 Å². The SMILES string of the molecule is CC(=O)O.COc1ccc2cc(OCC3CN(c4cccc(C(=N)N)c4)C(=O)O3)ccc2c1. The minimum absolute atomic E-state index is 0.0479. The molecule has 0 aliphatic carbocycles. The summed E-state index contributed by atoms with van der Waals surface area (Å²) in [5, 5.41) is 17.1. The number of amidine groups is 1. The molecule has 1 fully saturated rings. The van der Waals surface area contributed by atoms with Crippen molar-refractivity contribution in [2.24, 2.45) is 5.73 Å². The molecule has 1 atom stereocenters. The Morgan fingerprint density at radius 1 is 1.15 bits per heavy atom. The lowest BCUT2D eigenvalue weighted by Crippen LogP contribution is -2.27. The number of hydrogen-bond donors (Lipinski definition) is 3. The molecule has 3 aromatic rings. The Bertz CT molecular complexity index is 1180. The molecule has 1 heterocycles. The van der Waals surface area contributed by atoms with Crippen molar-refractivity contribution in [2.45, 2.75) is 13.0 Å². The quantitative estimate of drug-likeness (QED) is 0.385. The fourth-order valence-corrected chi connectivity index (χ4v) is 3.27. The zero-order valence-corrected chi connectivity index (χ0v) is 18.3. The fraction of sp³-hybridized carbons (Fsp3) is 0.208. The number of methoxy groups -OCH3 is 1. The molecule has 3 aromatic carbocycles. The van der Waals surface area contributed by atoms with Crippen LogP contribution in [-0.2, 0) is 9.53 Å². The highest BCUT2D eigenvalue weighted by molar-refractivity contribution is 5.97. The summed E-state index contributed by atoms with van der Waals surface area (Å²) in [4.78, 5) is 22.8. The Labute approximate surface area is 190 Å². The molecule has 172 valence electrons. The lowest BCUT2D eigenvalue weighted by molar-refractivity contribution is -0.134. The number of benzene rings is 3. The van der Waals surface area contributed by atoms with E-state index >= 15 is 0 Å². The second kappa shape index (κ2) is 10.4. The summed E-state index contributed by atoms with van der Waals surface area (Å²) in [6.45, 7) is 1.70. The Morgan fingerprint density at radius 2 is 1.79 bits per heavy atom. The van der Waals surface area contributed by atoms with Crippen LogP contribution in [0.4, 0.5) is 10.5 Å². The lowest BCUT2D eigenvalue weighted by Gasteiger charge is -2.14. The summed E-state index contributed by atoms with van der Waals surface area (Å²) >= 11 is 0. The highest BCUT2D eigenvalue weighted by atomic mass is 16.6. The van der Waals surface area contributed by atoms with Crippen LogP contribution in [0.1, 0.15) is 12.5 Å². The molecule has 0 aromatic heterocycles. The molecule has 4 N–H and O–H groups in total. The van der Waals surface area contributed by atoms with E-state index in [0.29, 0.717) is 23.5 Å². The third-order valence-corrected chi connectivity index (χ3v) is 4.80. The number of nitrogen functional groups attached to an aromatic ring is 1. The Kier molecular flexibility index (Phi) is 7.34. The summed E-state index contributed by atoms with van der Waals surface area (Å²) in [7, 11) is 1.64. The first-order valence-corrected chi connectivity index (χ1v) is 10.1. The number of amides is 1. The molecule has 0 spiro atoms. The number of anilines is 1. The van der Waals surface area contributed by atoms with Crippen LogP contribution in [0.3, 0.4) is 0 Å². The summed E-state index contributed by atoms with van der Waals surface area (Å²) in [5.41, 5.74) is 6.73. The van der Waals surface area contributed by atoms with Gasteiger partial charge in [0.05, 0.1) is 13.7 Å². The fourth-order valence-electron chi connectivity index (χ4n) is 3.27. The zero-order valence-electron chi connectivity index (χ0n) is 18.3. The summed E-state index contributed by atoms with van der Waals surface area (Å²) in [6, 6.07) is 18.6. The van der Waals surface area contributed by atoms with Crippen LogP contribution in [-0.4, -0.2) is 49.4 Å². The standard InChI is InChI=1S/C22H21N3O4.C2H4O2/c1-27-18-7-5-15-11-19(8-6-14(15)10-18)28-13-20-12-25(22(26)29-20)17-4-2-3-16(9-17)21(23)24;1-2(3)4/h2-11,20H,12-13H2,1H3,(H3,23,24);1H3,(H,3,4). The first kappa shape index (κ1) is 23.4. The second-order valence-electron chi connectivity index (χ2n) is 7.29. The van der Waals surface area contributed by atoms with Crippen molar-refractivity contribution in [1.82, 2.24) is 0 Å². The number of nitrogens with zero attached hydrogens (tertiary/aromatic N) is 1. The molecule has 4 rings (SSSR count). The van der Waals surface area contributed by atoms with Crippen molar-refractivity contribution < 1.29 is 28.9 Å². The molecule has 1 saturated heterocycles. The highest BCUT2D eigenvalue weighted by Crippen LogP contribution is 2.26. The van der Waals surface area contributed by atoms with Crippen molar-refractivity contribution in [2.75, 3.05) is 25.2 Å². The van der Waals surface area contributed by atoms with Crippen LogP contribution in [0.15, 0.2) is 60.7 Å². The molecule has 9 heteroatoms. The average molecular weight is 451 g/mol. The number of cyclic esters (lactones) is 1. The maximum Gasteiger partial charge on any atom is 0.414 e. The molecular formula is C24H25N3O6. The lowest BCUT2D eigenvalue weighted by atomic mass is 10.1. The van der Waals surface area contributed by atoms with Gasteiger partial charge in [0.15, 0.2) is 6.10 Å². The van der Waals surface area contributed by atoms with Crippen molar-refractivity contribution in [3.63, 3.8) is 0 Å². The van der Waals surface area contributed by atoms with Crippen LogP contribution >= 0.6 is 0 Å². The Balaban J connectivity index is 0.000000709. The number of carboxylic acids is 1. The third-order valence-electron chi connectivity index (χ3n) is 4.80. The molecule has 0 radical (unpaired) electrons. The average Bonchev–Trinajstić information content (AvgIpc) is 3.17. The van der Waals surface area contributed by atoms with Gasteiger partial charge >= 0.3 is 6.09 Å². The van der Waals surface area contributed by atoms with Crippen LogP contribution in [0.25, 0.3) is 10.8 Å². The van der Waals surface area contributed by atoms with Crippen molar-refractivity contribution in [3.05, 3.63) is 66.2 Å². The van der Waals surface area contributed by atoms with Crippen LogP contribution in [0.5, 0.6) is 11.5 Å². The molecule has 0 bridgehead atoms. The molecular weight excluding hydrogens is 426 g/mol. The van der Waals surface area contributed by atoms with Crippen molar-refractivity contribution >= 4 is 34.4 Å². The predicted octanol–water partition coefficient (Wildman–Crippen LogP) is 3.63. The van der Waals surface area contributed by atoms with Gasteiger partial charge in [-0.2, -0.15) is 0 Å². The normalized spacial score (nSPS) is 14.8. The molecule has 1 unspecified atom stereocenters. The summed E-state index contributed by atoms with van der Waals surface area (Å²) in [6.07, 6.45) is -0.833. The summed E-state index contributed by atoms with van der Waals surface area (Å²) in [5.74, 6) is 0.627. The van der Waals surface area contributed by atoms with Gasteiger partial charge in [-0.25, -0.2) is 4.79 Å². The van der Waals surface area contributed by atoms with E-state index in [9.17, 15) is 4.79 Å². The van der Waals surface area contributed by atoms with Gasteiger partial charge in [0.1, 0.15) is 23.9 Å². The number of carboxylic acid groups (broad SMARTS) is 1. The van der Waals surface area contributed by atoms with Gasteiger partial charge in [-0.15, -0.1) is 0 Å². The van der Waals surface area contributed by atoms with Gasteiger partial charge in [-0.1, -0.05) is 24.3 Å². The molecule has 1 aliphatic rings. The summed E-state index contributed by atoms with van der Waals surface area (Å²) < 4.78 is 16.5. The van der Waals surface area contributed by atoms with Crippen LogP contribution in [0.2, 0.25) is 0 Å². The van der Waals surface area contributed by atoms with Crippen molar-refractivity contribution in [3.8, 4) is 11.5 Å². The van der Waals surface area contributed by atoms with Gasteiger partial charge in [-0.05, 0) is 47.2 Å². The third kappa shape index (κ3) is 6.13. The molecule has 33 heavy (non-hydrogen) atoms. The van der Waals surface area contributed by atoms with Crippen LogP contribution in [0, 0.1) is 5.41 Å². The van der Waals surface area contributed by atoms with E-state index < -0.39 is 18.2 Å². The second-order valence-corrected chi connectivity index (χ2v) is 7.29. The number of rotatable bonds is 6. The first-order chi connectivity index (χ1) is 15.8. The van der Waals surface area contributed by atoms with E-state index in [-0.39, 0.29) is 12.4 Å². The number of nitrogens with two attached hydrogens (primary N) is 1. The smallest absolute Gasteiger partial charge is 0.414 e. The van der Waals surface area contributed by atoms with Gasteiger partial charge < -0.3 is 25.1 Å². The number of carbonyl (C=O) groups excluding carboxylic acids is 1. The molecule has 0 saturated carbocycles. The number of aliphatic carboxylic acids is 1. The minimum atomic E-state index is -0.833. The van der Waals surface area contributed by atoms with E-state index in [1.165, 1.54) is 4.90 Å². The maximum absolute atomic E-state index is 12.3. The van der Waals surface area contributed by atoms with E-state index in [4.69, 9.17) is 35.3 Å². The van der Waals surface area contributed by atoms with Gasteiger partial charge in [0.25, 0.3) is 5.97 Å². The molecule has 1 amide bonds. The molecule has 9 nitrogen and oxygen atoms in total. The Hall–Kier alpha value is -4.27. The monoisotopic (exact) mass is 451 g/mol. The highest BCUT2D eigenvalue weighted by Gasteiger charge is 2.33.